The smallest absolute Gasteiger partial charge is 0.272 e. The Morgan fingerprint density at radius 3 is 3.00 bits per heavy atom. The lowest BCUT2D eigenvalue weighted by molar-refractivity contribution is 0.0775. The number of hydrogen-bond acceptors (Lipinski definition) is 4. The maximum atomic E-state index is 12.2. The van der Waals surface area contributed by atoms with E-state index < -0.39 is 0 Å². The molecular weight excluding hydrogens is 256 g/mol. The Morgan fingerprint density at radius 1 is 1.45 bits per heavy atom. The van der Waals surface area contributed by atoms with E-state index in [0.29, 0.717) is 11.7 Å². The molecule has 0 bridgehead atoms. The highest BCUT2D eigenvalue weighted by Crippen LogP contribution is 2.28. The average Bonchev–Trinajstić information content (AvgIpc) is 3.19. The quantitative estimate of drug-likeness (QED) is 0.851. The number of nitrogens with zero attached hydrogens (tertiary/aromatic N) is 2. The normalized spacial score (nSPS) is 27.1. The van der Waals surface area contributed by atoms with Crippen LogP contribution < -0.4 is 10.6 Å². The molecule has 0 unspecified atom stereocenters. The molecule has 110 valence electrons. The lowest BCUT2D eigenvalue weighted by Crippen LogP contribution is -2.43. The fourth-order valence-electron chi connectivity index (χ4n) is 3.12. The van der Waals surface area contributed by atoms with Crippen LogP contribution in [0.5, 0.6) is 0 Å². The van der Waals surface area contributed by atoms with Gasteiger partial charge in [-0.3, -0.25) is 9.48 Å². The van der Waals surface area contributed by atoms with Gasteiger partial charge in [-0.05, 0) is 18.9 Å². The van der Waals surface area contributed by atoms with Crippen LogP contribution in [0.1, 0.15) is 42.2 Å². The second-order valence-corrected chi connectivity index (χ2v) is 5.63. The summed E-state index contributed by atoms with van der Waals surface area (Å²) >= 11 is 0. The Bertz CT molecular complexity index is 467. The minimum Gasteiger partial charge on any atom is -0.378 e. The van der Waals surface area contributed by atoms with Crippen molar-refractivity contribution in [2.45, 2.75) is 43.9 Å². The molecule has 6 nitrogen and oxygen atoms in total. The molecule has 2 aliphatic rings. The first kappa shape index (κ1) is 13.6. The minimum atomic E-state index is -0.113. The molecule has 1 aromatic rings. The van der Waals surface area contributed by atoms with E-state index in [4.69, 9.17) is 4.74 Å². The fourth-order valence-corrected chi connectivity index (χ4v) is 3.12. The van der Waals surface area contributed by atoms with Crippen LogP contribution in [-0.2, 0) is 4.74 Å². The Labute approximate surface area is 118 Å². The molecule has 0 radical (unpaired) electrons. The zero-order chi connectivity index (χ0) is 13.9. The van der Waals surface area contributed by atoms with Crippen LogP contribution in [0.3, 0.4) is 0 Å². The largest absolute Gasteiger partial charge is 0.378 e. The summed E-state index contributed by atoms with van der Waals surface area (Å²) in [6, 6.07) is 2.29. The summed E-state index contributed by atoms with van der Waals surface area (Å²) < 4.78 is 7.29. The molecule has 6 heteroatoms. The van der Waals surface area contributed by atoms with Crippen LogP contribution >= 0.6 is 0 Å². The molecule has 1 saturated carbocycles. The standard InChI is InChI=1S/C14H22N4O2/c1-20-13-9-15-8-12(13)16-14(19)11-6-7-18(17-11)10-4-2-3-5-10/h6-7,10,12-13,15H,2-5,8-9H2,1H3,(H,16,19)/t12-,13-/m0/s1. The number of aromatic nitrogens is 2. The van der Waals surface area contributed by atoms with Gasteiger partial charge in [0.25, 0.3) is 5.91 Å². The lowest BCUT2D eigenvalue weighted by atomic mass is 10.2. The van der Waals surface area contributed by atoms with Crippen LogP contribution in [0.25, 0.3) is 0 Å². The van der Waals surface area contributed by atoms with Gasteiger partial charge in [-0.15, -0.1) is 0 Å². The second-order valence-electron chi connectivity index (χ2n) is 5.63. The Kier molecular flexibility index (Phi) is 4.03. The van der Waals surface area contributed by atoms with Gasteiger partial charge in [0, 0.05) is 26.4 Å². The third kappa shape index (κ3) is 2.71. The number of amides is 1. The highest BCUT2D eigenvalue weighted by atomic mass is 16.5. The van der Waals surface area contributed by atoms with Crippen LogP contribution in [0.2, 0.25) is 0 Å². The second kappa shape index (κ2) is 5.93. The third-order valence-corrected chi connectivity index (χ3v) is 4.32. The molecule has 1 amide bonds. The number of methoxy groups -OCH3 is 1. The Morgan fingerprint density at radius 2 is 2.25 bits per heavy atom. The first-order chi connectivity index (χ1) is 9.78. The number of carbonyl (C=O) groups excluding carboxylic acids is 1. The predicted molar refractivity (Wildman–Crippen MR) is 74.7 cm³/mol. The highest BCUT2D eigenvalue weighted by Gasteiger charge is 2.29. The first-order valence-electron chi connectivity index (χ1n) is 7.37. The van der Waals surface area contributed by atoms with Gasteiger partial charge in [0.1, 0.15) is 5.69 Å². The van der Waals surface area contributed by atoms with Crippen molar-refractivity contribution in [1.82, 2.24) is 20.4 Å². The van der Waals surface area contributed by atoms with E-state index >= 15 is 0 Å². The SMILES string of the molecule is CO[C@H]1CNC[C@@H]1NC(=O)c1ccn(C2CCCC2)n1. The summed E-state index contributed by atoms with van der Waals surface area (Å²) in [6.07, 6.45) is 6.81. The number of ether oxygens (including phenoxy) is 1. The van der Waals surface area contributed by atoms with Gasteiger partial charge in [0.15, 0.2) is 0 Å². The van der Waals surface area contributed by atoms with E-state index in [2.05, 4.69) is 15.7 Å². The van der Waals surface area contributed by atoms with Gasteiger partial charge in [0.2, 0.25) is 0 Å². The molecule has 2 atom stereocenters. The topological polar surface area (TPSA) is 68.2 Å². The average molecular weight is 278 g/mol. The van der Waals surface area contributed by atoms with Gasteiger partial charge in [-0.1, -0.05) is 12.8 Å². The fraction of sp³-hybridized carbons (Fsp3) is 0.714. The molecule has 0 spiro atoms. The van der Waals surface area contributed by atoms with Crippen LogP contribution in [0, 0.1) is 0 Å². The van der Waals surface area contributed by atoms with E-state index in [9.17, 15) is 4.79 Å². The van der Waals surface area contributed by atoms with Crippen molar-refractivity contribution >= 4 is 5.91 Å². The molecule has 1 saturated heterocycles. The zero-order valence-corrected chi connectivity index (χ0v) is 11.8. The lowest BCUT2D eigenvalue weighted by Gasteiger charge is -2.17. The van der Waals surface area contributed by atoms with E-state index in [1.54, 1.807) is 13.2 Å². The molecule has 20 heavy (non-hydrogen) atoms. The van der Waals surface area contributed by atoms with Crippen molar-refractivity contribution in [3.05, 3.63) is 18.0 Å². The van der Waals surface area contributed by atoms with Gasteiger partial charge in [-0.25, -0.2) is 0 Å². The van der Waals surface area contributed by atoms with Gasteiger partial charge in [0.05, 0.1) is 18.2 Å². The molecule has 3 rings (SSSR count). The van der Waals surface area contributed by atoms with Crippen molar-refractivity contribution in [3.63, 3.8) is 0 Å². The maximum absolute atomic E-state index is 12.2. The van der Waals surface area contributed by atoms with Gasteiger partial charge >= 0.3 is 0 Å². The molecule has 2 heterocycles. The van der Waals surface area contributed by atoms with Crippen molar-refractivity contribution in [3.8, 4) is 0 Å². The van der Waals surface area contributed by atoms with Crippen molar-refractivity contribution in [2.75, 3.05) is 20.2 Å². The molecule has 0 aromatic carbocycles. The summed E-state index contributed by atoms with van der Waals surface area (Å²) in [6.45, 7) is 1.52. The Balaban J connectivity index is 1.62. The van der Waals surface area contributed by atoms with E-state index in [1.807, 2.05) is 10.9 Å². The molecule has 2 fully saturated rings. The van der Waals surface area contributed by atoms with Crippen molar-refractivity contribution in [2.24, 2.45) is 0 Å². The molecular formula is C14H22N4O2. The minimum absolute atomic E-state index is 0.0177. The van der Waals surface area contributed by atoms with Crippen molar-refractivity contribution < 1.29 is 9.53 Å². The number of nitrogens with one attached hydrogen (secondary N) is 2. The molecule has 2 N–H and O–H groups in total. The monoisotopic (exact) mass is 278 g/mol. The van der Waals surface area contributed by atoms with Crippen LogP contribution in [0.4, 0.5) is 0 Å². The number of carbonyl (C=O) groups is 1. The predicted octanol–water partition coefficient (Wildman–Crippen LogP) is 0.715. The van der Waals surface area contributed by atoms with Crippen LogP contribution in [0.15, 0.2) is 12.3 Å². The summed E-state index contributed by atoms with van der Waals surface area (Å²) in [4.78, 5) is 12.2. The highest BCUT2D eigenvalue weighted by molar-refractivity contribution is 5.92. The first-order valence-corrected chi connectivity index (χ1v) is 7.37. The van der Waals surface area contributed by atoms with Crippen molar-refractivity contribution in [1.29, 1.82) is 0 Å². The zero-order valence-electron chi connectivity index (χ0n) is 11.8. The van der Waals surface area contributed by atoms with E-state index in [1.165, 1.54) is 25.7 Å². The molecule has 1 aliphatic heterocycles. The van der Waals surface area contributed by atoms with Gasteiger partial charge < -0.3 is 15.4 Å². The van der Waals surface area contributed by atoms with Gasteiger partial charge in [-0.2, -0.15) is 5.10 Å². The summed E-state index contributed by atoms with van der Waals surface area (Å²) in [5.74, 6) is -0.113. The summed E-state index contributed by atoms with van der Waals surface area (Å²) in [5, 5.41) is 10.6. The maximum Gasteiger partial charge on any atom is 0.272 e. The van der Waals surface area contributed by atoms with E-state index in [0.717, 1.165) is 13.1 Å². The summed E-state index contributed by atoms with van der Waals surface area (Å²) in [7, 11) is 1.67. The Hall–Kier alpha value is -1.40. The van der Waals surface area contributed by atoms with Crippen LogP contribution in [-0.4, -0.2) is 48.0 Å². The molecule has 1 aromatic heterocycles. The summed E-state index contributed by atoms with van der Waals surface area (Å²) in [5.41, 5.74) is 0.499. The van der Waals surface area contributed by atoms with E-state index in [-0.39, 0.29) is 18.1 Å². The number of hydrogen-bond donors (Lipinski definition) is 2. The third-order valence-electron chi connectivity index (χ3n) is 4.32. The number of rotatable bonds is 4. The molecule has 1 aliphatic carbocycles.